The Balaban J connectivity index is 1.48. The van der Waals surface area contributed by atoms with E-state index in [1.54, 1.807) is 0 Å². The number of rotatable bonds is 14. The van der Waals surface area contributed by atoms with Crippen molar-refractivity contribution in [2.45, 2.75) is 33.4 Å². The highest BCUT2D eigenvalue weighted by atomic mass is 32.1. The van der Waals surface area contributed by atoms with Gasteiger partial charge in [-0.1, -0.05) is 53.0 Å². The fourth-order valence-electron chi connectivity index (χ4n) is 4.06. The highest BCUT2D eigenvalue weighted by molar-refractivity contribution is 7.13. The van der Waals surface area contributed by atoms with Crippen LogP contribution >= 0.6 is 22.7 Å². The molecule has 0 aliphatic rings. The largest absolute Gasteiger partial charge is 0.395 e. The molecular formula is C27H31N7O4S2. The van der Waals surface area contributed by atoms with Crippen LogP contribution in [-0.2, 0) is 19.5 Å². The Labute approximate surface area is 239 Å². The van der Waals surface area contributed by atoms with E-state index in [1.165, 1.54) is 22.7 Å². The third-order valence-electron chi connectivity index (χ3n) is 6.17. The molecule has 0 saturated heterocycles. The Morgan fingerprint density at radius 2 is 1.35 bits per heavy atom. The van der Waals surface area contributed by atoms with E-state index in [9.17, 15) is 9.59 Å². The number of benzene rings is 2. The van der Waals surface area contributed by atoms with Gasteiger partial charge in [0.05, 0.1) is 13.2 Å². The molecule has 0 spiro atoms. The number of carbonyl (C=O) groups is 2. The second-order valence-corrected chi connectivity index (χ2v) is 11.0. The molecule has 0 unspecified atom stereocenters. The Bertz CT molecular complexity index is 1360. The minimum atomic E-state index is -0.342. The molecule has 4 rings (SSSR count). The van der Waals surface area contributed by atoms with Crippen LogP contribution in [-0.4, -0.2) is 68.6 Å². The van der Waals surface area contributed by atoms with Crippen molar-refractivity contribution < 1.29 is 19.8 Å². The first-order valence-electron chi connectivity index (χ1n) is 12.7. The minimum Gasteiger partial charge on any atom is -0.395 e. The van der Waals surface area contributed by atoms with E-state index in [-0.39, 0.29) is 36.3 Å². The van der Waals surface area contributed by atoms with Crippen LogP contribution in [0.1, 0.15) is 46.3 Å². The molecule has 13 heteroatoms. The average Bonchev–Trinajstić information content (AvgIpc) is 3.62. The number of hydrogen-bond donors (Lipinski definition) is 5. The first kappa shape index (κ1) is 29.5. The van der Waals surface area contributed by atoms with Crippen LogP contribution in [0.4, 0.5) is 5.69 Å². The summed E-state index contributed by atoms with van der Waals surface area (Å²) in [5, 5.41) is 44.9. The number of amides is 1. The summed E-state index contributed by atoms with van der Waals surface area (Å²) in [5.74, 6) is -0.447. The minimum absolute atomic E-state index is 0.0231. The van der Waals surface area contributed by atoms with Gasteiger partial charge in [0.2, 0.25) is 5.01 Å². The van der Waals surface area contributed by atoms with Gasteiger partial charge in [0.25, 0.3) is 5.91 Å². The highest BCUT2D eigenvalue weighted by Crippen LogP contribution is 2.33. The zero-order valence-electron chi connectivity index (χ0n) is 22.2. The second-order valence-electron chi connectivity index (χ2n) is 8.92. The lowest BCUT2D eigenvalue weighted by Gasteiger charge is -2.16. The number of carbonyl (C=O) groups excluding carboxylic acids is 2. The Kier molecular flexibility index (Phi) is 10.5. The molecule has 40 heavy (non-hydrogen) atoms. The quantitative estimate of drug-likeness (QED) is 0.110. The van der Waals surface area contributed by atoms with Gasteiger partial charge in [-0.2, -0.15) is 0 Å². The number of nitrogens with one attached hydrogen (secondary N) is 3. The standard InChI is InChI=1S/C27H31N7O4S2/c1-16-18(13-22(37)26-33-31-23(39-26)14-28-9-11-35)5-3-6-19(16)20-7-4-8-21(17(20)2)30-25(38)27-34-32-24(40-27)15-29-10-12-36/h3-8,28-29,35-36H,9-15H2,1-2H3,(H,30,38). The third kappa shape index (κ3) is 7.38. The average molecular weight is 582 g/mol. The summed E-state index contributed by atoms with van der Waals surface area (Å²) >= 11 is 2.45. The smallest absolute Gasteiger partial charge is 0.286 e. The molecular weight excluding hydrogens is 550 g/mol. The molecule has 5 N–H and O–H groups in total. The van der Waals surface area contributed by atoms with Crippen LogP contribution in [0.3, 0.4) is 0 Å². The molecule has 4 aromatic rings. The Hall–Kier alpha value is -3.46. The number of aromatic nitrogens is 4. The van der Waals surface area contributed by atoms with Gasteiger partial charge >= 0.3 is 0 Å². The maximum absolute atomic E-state index is 13.0. The molecule has 210 valence electrons. The normalized spacial score (nSPS) is 11.1. The molecule has 0 aliphatic carbocycles. The SMILES string of the molecule is Cc1c(CC(=O)c2nnc(CNCCO)s2)cccc1-c1cccc(NC(=O)c2nnc(CNCCO)s2)c1C. The van der Waals surface area contributed by atoms with Gasteiger partial charge in [-0.25, -0.2) is 0 Å². The van der Waals surface area contributed by atoms with E-state index in [0.29, 0.717) is 46.9 Å². The number of ketones is 1. The highest BCUT2D eigenvalue weighted by Gasteiger charge is 2.18. The summed E-state index contributed by atoms with van der Waals surface area (Å²) in [5.41, 5.74) is 5.33. The second kappa shape index (κ2) is 14.3. The Morgan fingerprint density at radius 1 is 0.775 bits per heavy atom. The zero-order valence-corrected chi connectivity index (χ0v) is 23.9. The van der Waals surface area contributed by atoms with Crippen molar-refractivity contribution in [3.63, 3.8) is 0 Å². The van der Waals surface area contributed by atoms with E-state index < -0.39 is 0 Å². The molecule has 2 heterocycles. The van der Waals surface area contributed by atoms with E-state index in [1.807, 2.05) is 50.2 Å². The fourth-order valence-corrected chi connectivity index (χ4v) is 5.51. The van der Waals surface area contributed by atoms with Gasteiger partial charge in [-0.3, -0.25) is 9.59 Å². The fraction of sp³-hybridized carbons (Fsp3) is 0.333. The van der Waals surface area contributed by atoms with E-state index in [2.05, 4.69) is 36.3 Å². The lowest BCUT2D eigenvalue weighted by molar-refractivity contribution is 0.0989. The maximum atomic E-state index is 13.0. The molecule has 2 aromatic carbocycles. The monoisotopic (exact) mass is 581 g/mol. The summed E-state index contributed by atoms with van der Waals surface area (Å²) in [7, 11) is 0. The number of Topliss-reactive ketones (excluding diaryl/α,β-unsaturated/α-hetero) is 1. The van der Waals surface area contributed by atoms with E-state index in [4.69, 9.17) is 10.2 Å². The van der Waals surface area contributed by atoms with Gasteiger partial charge in [0, 0.05) is 38.3 Å². The molecule has 0 atom stereocenters. The van der Waals surface area contributed by atoms with Crippen LogP contribution < -0.4 is 16.0 Å². The summed E-state index contributed by atoms with van der Waals surface area (Å²) in [6.07, 6.45) is 0.195. The molecule has 0 radical (unpaired) electrons. The van der Waals surface area contributed by atoms with Crippen molar-refractivity contribution in [1.29, 1.82) is 0 Å². The van der Waals surface area contributed by atoms with Crippen molar-refractivity contribution >= 4 is 40.1 Å². The number of nitrogens with zero attached hydrogens (tertiary/aromatic N) is 4. The molecule has 0 aliphatic heterocycles. The number of anilines is 1. The van der Waals surface area contributed by atoms with Crippen LogP contribution in [0.25, 0.3) is 11.1 Å². The third-order valence-corrected chi connectivity index (χ3v) is 8.05. The molecule has 2 aromatic heterocycles. The number of aliphatic hydroxyl groups excluding tert-OH is 2. The summed E-state index contributed by atoms with van der Waals surface area (Å²) in [6, 6.07) is 11.6. The summed E-state index contributed by atoms with van der Waals surface area (Å²) in [6.45, 7) is 5.76. The van der Waals surface area contributed by atoms with Gasteiger partial charge in [0.1, 0.15) is 10.0 Å². The first-order valence-corrected chi connectivity index (χ1v) is 14.4. The van der Waals surface area contributed by atoms with Gasteiger partial charge < -0.3 is 26.2 Å². The predicted molar refractivity (Wildman–Crippen MR) is 155 cm³/mol. The lowest BCUT2D eigenvalue weighted by atomic mass is 9.91. The topological polar surface area (TPSA) is 162 Å². The molecule has 11 nitrogen and oxygen atoms in total. The van der Waals surface area contributed by atoms with Crippen molar-refractivity contribution in [2.75, 3.05) is 31.6 Å². The first-order chi connectivity index (χ1) is 19.4. The van der Waals surface area contributed by atoms with Crippen molar-refractivity contribution in [3.8, 4) is 11.1 Å². The molecule has 1 amide bonds. The van der Waals surface area contributed by atoms with Crippen LogP contribution in [0.5, 0.6) is 0 Å². The Morgan fingerprint density at radius 3 is 2.00 bits per heavy atom. The predicted octanol–water partition coefficient (Wildman–Crippen LogP) is 2.51. The van der Waals surface area contributed by atoms with Crippen LogP contribution in [0.2, 0.25) is 0 Å². The summed E-state index contributed by atoms with van der Waals surface area (Å²) < 4.78 is 0. The maximum Gasteiger partial charge on any atom is 0.286 e. The van der Waals surface area contributed by atoms with Gasteiger partial charge in [-0.05, 0) is 47.7 Å². The van der Waals surface area contributed by atoms with E-state index >= 15 is 0 Å². The zero-order chi connectivity index (χ0) is 28.5. The van der Waals surface area contributed by atoms with Crippen molar-refractivity contribution in [1.82, 2.24) is 31.0 Å². The lowest BCUT2D eigenvalue weighted by Crippen LogP contribution is -2.17. The summed E-state index contributed by atoms with van der Waals surface area (Å²) in [4.78, 5) is 25.9. The van der Waals surface area contributed by atoms with E-state index in [0.717, 1.165) is 27.8 Å². The number of hydrogen-bond acceptors (Lipinski definition) is 12. The number of aliphatic hydroxyl groups is 2. The molecule has 0 fully saturated rings. The van der Waals surface area contributed by atoms with Crippen LogP contribution in [0.15, 0.2) is 36.4 Å². The molecule has 0 bridgehead atoms. The van der Waals surface area contributed by atoms with Gasteiger partial charge in [-0.15, -0.1) is 20.4 Å². The van der Waals surface area contributed by atoms with Gasteiger partial charge in [0.15, 0.2) is 10.8 Å². The van der Waals surface area contributed by atoms with Crippen LogP contribution in [0, 0.1) is 13.8 Å². The van der Waals surface area contributed by atoms with Crippen molar-refractivity contribution in [3.05, 3.63) is 73.1 Å². The molecule has 0 saturated carbocycles. The van der Waals surface area contributed by atoms with Crippen molar-refractivity contribution in [2.24, 2.45) is 0 Å².